The van der Waals surface area contributed by atoms with Gasteiger partial charge in [-0.05, 0) is 50.4 Å². The Morgan fingerprint density at radius 2 is 1.93 bits per heavy atom. The first-order valence-corrected chi connectivity index (χ1v) is 9.77. The molecule has 0 aromatic heterocycles. The third-order valence-corrected chi connectivity index (χ3v) is 5.83. The lowest BCUT2D eigenvalue weighted by Gasteiger charge is -2.27. The number of nitrogens with one attached hydrogen (secondary N) is 3. The van der Waals surface area contributed by atoms with Crippen molar-refractivity contribution >= 4 is 23.6 Å². The molecule has 3 heterocycles. The average molecular weight is 384 g/mol. The first-order valence-electron chi connectivity index (χ1n) is 9.77. The molecule has 1 aromatic carbocycles. The molecule has 2 saturated heterocycles. The summed E-state index contributed by atoms with van der Waals surface area (Å²) in [5.74, 6) is -1.91. The predicted octanol–water partition coefficient (Wildman–Crippen LogP) is 0.318. The summed E-state index contributed by atoms with van der Waals surface area (Å²) in [6, 6.07) is 5.02. The molecule has 0 spiro atoms. The van der Waals surface area contributed by atoms with Crippen LogP contribution in [-0.4, -0.2) is 53.2 Å². The van der Waals surface area contributed by atoms with Crippen LogP contribution in [0.3, 0.4) is 0 Å². The molecule has 0 bridgehead atoms. The van der Waals surface area contributed by atoms with Gasteiger partial charge in [0.15, 0.2) is 0 Å². The third kappa shape index (κ3) is 3.33. The van der Waals surface area contributed by atoms with Crippen LogP contribution < -0.4 is 16.0 Å². The van der Waals surface area contributed by atoms with Gasteiger partial charge in [-0.2, -0.15) is 0 Å². The van der Waals surface area contributed by atoms with E-state index in [2.05, 4.69) is 22.9 Å². The largest absolute Gasteiger partial charge is 0.312 e. The lowest BCUT2D eigenvalue weighted by Crippen LogP contribution is -2.54. The second kappa shape index (κ2) is 7.44. The quantitative estimate of drug-likeness (QED) is 0.631. The second-order valence-electron chi connectivity index (χ2n) is 7.70. The van der Waals surface area contributed by atoms with Crippen molar-refractivity contribution in [3.63, 3.8) is 0 Å². The zero-order valence-electron chi connectivity index (χ0n) is 15.8. The van der Waals surface area contributed by atoms with E-state index in [1.807, 2.05) is 6.07 Å². The molecule has 2 fully saturated rings. The molecule has 28 heavy (non-hydrogen) atoms. The van der Waals surface area contributed by atoms with Gasteiger partial charge >= 0.3 is 0 Å². The maximum Gasteiger partial charge on any atom is 0.262 e. The van der Waals surface area contributed by atoms with E-state index in [1.54, 1.807) is 12.1 Å². The molecule has 0 aliphatic carbocycles. The highest BCUT2D eigenvalue weighted by Gasteiger charge is 2.44. The van der Waals surface area contributed by atoms with E-state index in [1.165, 1.54) is 6.42 Å². The van der Waals surface area contributed by atoms with Gasteiger partial charge in [0.05, 0.1) is 11.1 Å². The number of benzene rings is 1. The van der Waals surface area contributed by atoms with Crippen LogP contribution in [0.5, 0.6) is 0 Å². The Balaban J connectivity index is 1.47. The SMILES string of the molecule is CC(NCc1ccc2c(c1)C(=O)N(C1CCC(=O)NC1=O)C2=O)C1CCCN1. The van der Waals surface area contributed by atoms with E-state index in [0.717, 1.165) is 23.4 Å². The lowest BCUT2D eigenvalue weighted by molar-refractivity contribution is -0.136. The van der Waals surface area contributed by atoms with Crippen molar-refractivity contribution < 1.29 is 19.2 Å². The number of piperidine rings is 1. The summed E-state index contributed by atoms with van der Waals surface area (Å²) in [6.07, 6.45) is 2.61. The molecule has 8 heteroatoms. The van der Waals surface area contributed by atoms with Crippen molar-refractivity contribution in [1.29, 1.82) is 0 Å². The van der Waals surface area contributed by atoms with Gasteiger partial charge in [0.2, 0.25) is 11.8 Å². The van der Waals surface area contributed by atoms with Gasteiger partial charge in [-0.15, -0.1) is 0 Å². The second-order valence-corrected chi connectivity index (χ2v) is 7.70. The predicted molar refractivity (Wildman–Crippen MR) is 100 cm³/mol. The Morgan fingerprint density at radius 3 is 2.64 bits per heavy atom. The molecular weight excluding hydrogens is 360 g/mol. The van der Waals surface area contributed by atoms with Crippen molar-refractivity contribution in [3.8, 4) is 0 Å². The summed E-state index contributed by atoms with van der Waals surface area (Å²) in [6.45, 7) is 3.77. The van der Waals surface area contributed by atoms with Gasteiger partial charge in [0.1, 0.15) is 6.04 Å². The van der Waals surface area contributed by atoms with Gasteiger partial charge < -0.3 is 10.6 Å². The average Bonchev–Trinajstić information content (AvgIpc) is 3.29. The number of carbonyl (C=O) groups excluding carboxylic acids is 4. The fourth-order valence-electron chi connectivity index (χ4n) is 4.19. The van der Waals surface area contributed by atoms with E-state index in [4.69, 9.17) is 0 Å². The Labute approximate surface area is 163 Å². The number of carbonyl (C=O) groups is 4. The van der Waals surface area contributed by atoms with Crippen molar-refractivity contribution in [2.75, 3.05) is 6.54 Å². The zero-order valence-corrected chi connectivity index (χ0v) is 15.8. The molecule has 0 radical (unpaired) electrons. The summed E-state index contributed by atoms with van der Waals surface area (Å²) in [4.78, 5) is 50.0. The Hall–Kier alpha value is -2.58. The van der Waals surface area contributed by atoms with Gasteiger partial charge in [0.25, 0.3) is 11.8 Å². The number of hydrogen-bond donors (Lipinski definition) is 3. The number of rotatable bonds is 5. The van der Waals surface area contributed by atoms with Crippen molar-refractivity contribution in [2.45, 2.75) is 57.3 Å². The van der Waals surface area contributed by atoms with Crippen molar-refractivity contribution in [2.24, 2.45) is 0 Å². The van der Waals surface area contributed by atoms with Crippen LogP contribution in [0.1, 0.15) is 58.9 Å². The van der Waals surface area contributed by atoms with Crippen molar-refractivity contribution in [3.05, 3.63) is 34.9 Å². The standard InChI is InChI=1S/C20H24N4O4/c1-11(15-3-2-8-21-15)22-10-12-4-5-13-14(9-12)20(28)24(19(13)27)16-6-7-17(25)23-18(16)26/h4-5,9,11,15-16,21-22H,2-3,6-8,10H2,1H3,(H,23,25,26). The maximum absolute atomic E-state index is 12.8. The molecule has 148 valence electrons. The topological polar surface area (TPSA) is 108 Å². The smallest absolute Gasteiger partial charge is 0.262 e. The molecule has 4 amide bonds. The highest BCUT2D eigenvalue weighted by Crippen LogP contribution is 2.28. The Morgan fingerprint density at radius 1 is 1.14 bits per heavy atom. The van der Waals surface area contributed by atoms with Crippen LogP contribution in [0, 0.1) is 0 Å². The number of nitrogens with zero attached hydrogens (tertiary/aromatic N) is 1. The van der Waals surface area contributed by atoms with Gasteiger partial charge in [-0.1, -0.05) is 6.07 Å². The molecular formula is C20H24N4O4. The Kier molecular flexibility index (Phi) is 4.99. The molecule has 0 saturated carbocycles. The highest BCUT2D eigenvalue weighted by atomic mass is 16.2. The number of fused-ring (bicyclic) bond motifs is 1. The van der Waals surface area contributed by atoms with Crippen LogP contribution in [0.25, 0.3) is 0 Å². The van der Waals surface area contributed by atoms with Crippen molar-refractivity contribution in [1.82, 2.24) is 20.9 Å². The summed E-state index contributed by atoms with van der Waals surface area (Å²) in [7, 11) is 0. The molecule has 4 rings (SSSR count). The maximum atomic E-state index is 12.8. The third-order valence-electron chi connectivity index (χ3n) is 5.83. The van der Waals surface area contributed by atoms with Gasteiger partial charge in [0, 0.05) is 25.0 Å². The zero-order chi connectivity index (χ0) is 19.8. The summed E-state index contributed by atoms with van der Waals surface area (Å²) < 4.78 is 0. The molecule has 3 aliphatic rings. The Bertz CT molecular complexity index is 847. The molecule has 3 unspecified atom stereocenters. The number of hydrogen-bond acceptors (Lipinski definition) is 6. The normalized spacial score (nSPS) is 25.8. The van der Waals surface area contributed by atoms with Gasteiger partial charge in [-0.3, -0.25) is 29.4 Å². The molecule has 3 aliphatic heterocycles. The monoisotopic (exact) mass is 384 g/mol. The van der Waals surface area contributed by atoms with E-state index in [9.17, 15) is 19.2 Å². The molecule has 1 aromatic rings. The lowest BCUT2D eigenvalue weighted by atomic mass is 10.0. The van der Waals surface area contributed by atoms with E-state index >= 15 is 0 Å². The van der Waals surface area contributed by atoms with Crippen LogP contribution >= 0.6 is 0 Å². The van der Waals surface area contributed by atoms with Crippen LogP contribution in [0.4, 0.5) is 0 Å². The fourth-order valence-corrected chi connectivity index (χ4v) is 4.19. The van der Waals surface area contributed by atoms with Gasteiger partial charge in [-0.25, -0.2) is 0 Å². The highest BCUT2D eigenvalue weighted by molar-refractivity contribution is 6.23. The van der Waals surface area contributed by atoms with E-state index < -0.39 is 23.8 Å². The van der Waals surface area contributed by atoms with E-state index in [-0.39, 0.29) is 18.7 Å². The van der Waals surface area contributed by atoms with E-state index in [0.29, 0.717) is 29.8 Å². The number of amides is 4. The van der Waals surface area contributed by atoms with Crippen LogP contribution in [0.2, 0.25) is 0 Å². The minimum atomic E-state index is -0.930. The summed E-state index contributed by atoms with van der Waals surface area (Å²) in [5, 5.41) is 9.14. The fraction of sp³-hybridized carbons (Fsp3) is 0.500. The first kappa shape index (κ1) is 18.8. The summed E-state index contributed by atoms with van der Waals surface area (Å²) in [5.41, 5.74) is 1.54. The number of imide groups is 2. The minimum absolute atomic E-state index is 0.117. The minimum Gasteiger partial charge on any atom is -0.312 e. The van der Waals surface area contributed by atoms with Crippen LogP contribution in [-0.2, 0) is 16.1 Å². The molecule has 3 N–H and O–H groups in total. The molecule has 8 nitrogen and oxygen atoms in total. The first-order chi connectivity index (χ1) is 13.5. The van der Waals surface area contributed by atoms with Crippen LogP contribution in [0.15, 0.2) is 18.2 Å². The summed E-state index contributed by atoms with van der Waals surface area (Å²) >= 11 is 0. The molecule has 3 atom stereocenters.